The Kier molecular flexibility index (Phi) is 7.97. The molecule has 0 saturated carbocycles. The highest BCUT2D eigenvalue weighted by Gasteiger charge is 2.41. The molecule has 2 atom stereocenters. The van der Waals surface area contributed by atoms with Crippen molar-refractivity contribution in [2.24, 2.45) is 7.05 Å². The largest absolute Gasteiger partial charge is 0.392 e. The Balaban J connectivity index is 1.20. The molecule has 0 aliphatic carbocycles. The zero-order chi connectivity index (χ0) is 33.9. The molecular formula is C36H39FN8O3. The third kappa shape index (κ3) is 5.69. The molecule has 2 N–H and O–H groups in total. The molecule has 11 nitrogen and oxygen atoms in total. The number of anilines is 2. The van der Waals surface area contributed by atoms with Gasteiger partial charge < -0.3 is 15.3 Å². The van der Waals surface area contributed by atoms with Crippen molar-refractivity contribution in [3.8, 4) is 16.9 Å². The number of piperazine rings is 1. The molecular weight excluding hydrogens is 611 g/mol. The Bertz CT molecular complexity index is 2150. The third-order valence-electron chi connectivity index (χ3n) is 9.68. The SMILES string of the molecule is CN1C[C@@H]2C[C@H]1CN2Cc1ccc(Nc2cc(-c3cccc(-n4ncc5cc(C(C)(C)C)cc(F)c5c4=O)c3CO)nn(C)c2=O)nc1. The van der Waals surface area contributed by atoms with Crippen LogP contribution in [0.2, 0.25) is 0 Å². The van der Waals surface area contributed by atoms with Gasteiger partial charge in [-0.3, -0.25) is 14.5 Å². The maximum absolute atomic E-state index is 15.4. The summed E-state index contributed by atoms with van der Waals surface area (Å²) in [5.41, 5.74) is 2.27. The molecule has 0 radical (unpaired) electrons. The summed E-state index contributed by atoms with van der Waals surface area (Å²) in [5, 5.41) is 22.8. The van der Waals surface area contributed by atoms with E-state index in [0.29, 0.717) is 40.1 Å². The number of hydrogen-bond acceptors (Lipinski definition) is 9. The zero-order valence-corrected chi connectivity index (χ0v) is 27.7. The number of likely N-dealkylation sites (N-methyl/N-ethyl adjacent to an activating group) is 1. The molecule has 3 aromatic heterocycles. The van der Waals surface area contributed by atoms with Gasteiger partial charge in [-0.2, -0.15) is 14.9 Å². The Morgan fingerprint density at radius 2 is 1.81 bits per heavy atom. The van der Waals surface area contributed by atoms with E-state index >= 15 is 4.39 Å². The van der Waals surface area contributed by atoms with E-state index in [2.05, 4.69) is 37.3 Å². The number of likely N-dealkylation sites (tertiary alicyclic amines) is 2. The van der Waals surface area contributed by atoms with Crippen molar-refractivity contribution in [1.29, 1.82) is 0 Å². The molecule has 0 amide bonds. The van der Waals surface area contributed by atoms with E-state index in [1.54, 1.807) is 37.4 Å². The van der Waals surface area contributed by atoms with E-state index in [1.165, 1.54) is 23.4 Å². The second-order valence-electron chi connectivity index (χ2n) is 14.0. The van der Waals surface area contributed by atoms with E-state index in [9.17, 15) is 14.7 Å². The Hall–Kier alpha value is -4.78. The Morgan fingerprint density at radius 3 is 2.48 bits per heavy atom. The summed E-state index contributed by atoms with van der Waals surface area (Å²) in [6.07, 6.45) is 4.51. The lowest BCUT2D eigenvalue weighted by Gasteiger charge is -2.31. The number of aliphatic hydroxyl groups excluding tert-OH is 1. The van der Waals surface area contributed by atoms with Crippen LogP contribution < -0.4 is 16.4 Å². The summed E-state index contributed by atoms with van der Waals surface area (Å²) in [6.45, 7) is 8.45. The second kappa shape index (κ2) is 12.0. The molecule has 7 rings (SSSR count). The fourth-order valence-electron chi connectivity index (χ4n) is 6.95. The van der Waals surface area contributed by atoms with E-state index in [4.69, 9.17) is 0 Å². The molecule has 2 aromatic carbocycles. The lowest BCUT2D eigenvalue weighted by Crippen LogP contribution is -2.43. The van der Waals surface area contributed by atoms with E-state index < -0.39 is 18.0 Å². The zero-order valence-electron chi connectivity index (χ0n) is 27.7. The van der Waals surface area contributed by atoms with Crippen LogP contribution in [0.1, 0.15) is 43.9 Å². The lowest BCUT2D eigenvalue weighted by molar-refractivity contribution is 0.143. The third-order valence-corrected chi connectivity index (χ3v) is 9.68. The van der Waals surface area contributed by atoms with Gasteiger partial charge in [0, 0.05) is 61.5 Å². The molecule has 2 aliphatic heterocycles. The van der Waals surface area contributed by atoms with Crippen LogP contribution in [-0.2, 0) is 25.6 Å². The van der Waals surface area contributed by atoms with Gasteiger partial charge in [0.05, 0.1) is 29.6 Å². The molecule has 5 aromatic rings. The number of pyridine rings is 1. The predicted molar refractivity (Wildman–Crippen MR) is 183 cm³/mol. The predicted octanol–water partition coefficient (Wildman–Crippen LogP) is 4.10. The van der Waals surface area contributed by atoms with Crippen molar-refractivity contribution in [2.75, 3.05) is 25.5 Å². The monoisotopic (exact) mass is 650 g/mol. The molecule has 48 heavy (non-hydrogen) atoms. The molecule has 2 aliphatic rings. The van der Waals surface area contributed by atoms with Gasteiger partial charge >= 0.3 is 0 Å². The quantitative estimate of drug-likeness (QED) is 0.268. The lowest BCUT2D eigenvalue weighted by atomic mass is 9.86. The van der Waals surface area contributed by atoms with Gasteiger partial charge in [-0.1, -0.05) is 39.0 Å². The Morgan fingerprint density at radius 1 is 1.00 bits per heavy atom. The van der Waals surface area contributed by atoms with Gasteiger partial charge in [0.15, 0.2) is 0 Å². The smallest absolute Gasteiger partial charge is 0.290 e. The molecule has 5 heterocycles. The fourth-order valence-corrected chi connectivity index (χ4v) is 6.95. The van der Waals surface area contributed by atoms with Crippen molar-refractivity contribution in [3.05, 3.63) is 104 Å². The molecule has 12 heteroatoms. The number of fused-ring (bicyclic) bond motifs is 3. The molecule has 248 valence electrons. The van der Waals surface area contributed by atoms with Crippen molar-refractivity contribution in [3.63, 3.8) is 0 Å². The number of nitrogens with zero attached hydrogens (tertiary/aromatic N) is 7. The van der Waals surface area contributed by atoms with Gasteiger partial charge in [0.1, 0.15) is 17.3 Å². The van der Waals surface area contributed by atoms with Gasteiger partial charge in [0.2, 0.25) is 0 Å². The van der Waals surface area contributed by atoms with E-state index in [-0.39, 0.29) is 27.7 Å². The van der Waals surface area contributed by atoms with Crippen LogP contribution >= 0.6 is 0 Å². The van der Waals surface area contributed by atoms with Gasteiger partial charge in [-0.05, 0) is 60.3 Å². The number of aryl methyl sites for hydroxylation is 1. The van der Waals surface area contributed by atoms with Crippen molar-refractivity contribution < 1.29 is 9.50 Å². The Labute approximate surface area is 277 Å². The molecule has 2 bridgehead atoms. The van der Waals surface area contributed by atoms with Gasteiger partial charge in [0.25, 0.3) is 11.1 Å². The van der Waals surface area contributed by atoms with E-state index in [1.807, 2.05) is 39.1 Å². The average Bonchev–Trinajstić information content (AvgIpc) is 3.62. The highest BCUT2D eigenvalue weighted by atomic mass is 19.1. The first-order valence-corrected chi connectivity index (χ1v) is 16.1. The van der Waals surface area contributed by atoms with Crippen LogP contribution in [0.3, 0.4) is 0 Å². The molecule has 2 saturated heterocycles. The molecule has 2 fully saturated rings. The number of aliphatic hydroxyl groups is 1. The normalized spacial score (nSPS) is 18.2. The van der Waals surface area contributed by atoms with Crippen LogP contribution in [0.25, 0.3) is 27.7 Å². The van der Waals surface area contributed by atoms with E-state index in [0.717, 1.165) is 35.4 Å². The number of benzene rings is 2. The summed E-state index contributed by atoms with van der Waals surface area (Å²) in [4.78, 5) is 36.3. The number of halogens is 1. The molecule has 0 unspecified atom stereocenters. The van der Waals surface area contributed by atoms with Crippen LogP contribution in [0.4, 0.5) is 15.9 Å². The highest BCUT2D eigenvalue weighted by molar-refractivity contribution is 5.83. The summed E-state index contributed by atoms with van der Waals surface area (Å²) >= 11 is 0. The van der Waals surface area contributed by atoms with Crippen LogP contribution in [0.15, 0.2) is 70.5 Å². The topological polar surface area (TPSA) is 121 Å². The minimum Gasteiger partial charge on any atom is -0.392 e. The highest BCUT2D eigenvalue weighted by Crippen LogP contribution is 2.32. The fraction of sp³-hybridized carbons (Fsp3) is 0.361. The number of nitrogens with one attached hydrogen (secondary N) is 1. The summed E-state index contributed by atoms with van der Waals surface area (Å²) in [6, 6.07) is 14.9. The number of rotatable bonds is 7. The average molecular weight is 651 g/mol. The standard InChI is InChI=1S/C36H39FN8O3/c1-36(2,3)23-11-22-16-39-45(35(48)33(22)28(37)12-23)31-8-6-7-26(27(31)20-46)29-14-30(34(47)43(5)41-29)40-32-10-9-21(15-38-32)17-44-19-24-13-25(44)18-42(24)4/h6-12,14-16,24-25,46H,13,17-20H2,1-5H3,(H,38,40)/t24-,25-/m0/s1. The summed E-state index contributed by atoms with van der Waals surface area (Å²) < 4.78 is 17.7. The number of hydrogen-bond donors (Lipinski definition) is 2. The van der Waals surface area contributed by atoms with Crippen molar-refractivity contribution in [2.45, 2.75) is 57.8 Å². The first-order valence-electron chi connectivity index (χ1n) is 16.1. The first-order chi connectivity index (χ1) is 22.9. The number of aromatic nitrogens is 5. The van der Waals surface area contributed by atoms with Crippen molar-refractivity contribution in [1.82, 2.24) is 34.3 Å². The van der Waals surface area contributed by atoms with Gasteiger partial charge in [-0.25, -0.2) is 14.1 Å². The minimum atomic E-state index is -0.646. The van der Waals surface area contributed by atoms with Crippen LogP contribution in [0.5, 0.6) is 0 Å². The van der Waals surface area contributed by atoms with Crippen molar-refractivity contribution >= 4 is 22.3 Å². The maximum Gasteiger partial charge on any atom is 0.290 e. The maximum atomic E-state index is 15.4. The van der Waals surface area contributed by atoms with Crippen LogP contribution in [-0.4, -0.2) is 71.7 Å². The summed E-state index contributed by atoms with van der Waals surface area (Å²) in [7, 11) is 3.73. The first kappa shape index (κ1) is 31.8. The minimum absolute atomic E-state index is 0.0854. The second-order valence-corrected chi connectivity index (χ2v) is 14.0. The summed E-state index contributed by atoms with van der Waals surface area (Å²) in [5.74, 6) is -0.122. The van der Waals surface area contributed by atoms with Gasteiger partial charge in [-0.15, -0.1) is 0 Å². The molecule has 0 spiro atoms. The van der Waals surface area contributed by atoms with Crippen LogP contribution in [0, 0.1) is 5.82 Å².